The van der Waals surface area contributed by atoms with Crippen molar-refractivity contribution in [2.75, 3.05) is 0 Å². The zero-order valence-electron chi connectivity index (χ0n) is 12.7. The normalized spacial score (nSPS) is 13.8. The van der Waals surface area contributed by atoms with Crippen LogP contribution in [0, 0.1) is 0 Å². The van der Waals surface area contributed by atoms with Crippen molar-refractivity contribution < 1.29 is 20.1 Å². The first kappa shape index (κ1) is 16.9. The van der Waals surface area contributed by atoms with Gasteiger partial charge in [0.25, 0.3) is 0 Å². The molecule has 2 rings (SSSR count). The van der Waals surface area contributed by atoms with Crippen LogP contribution >= 0.6 is 0 Å². The van der Waals surface area contributed by atoms with Crippen LogP contribution in [0.15, 0.2) is 60.7 Å². The van der Waals surface area contributed by atoms with Crippen LogP contribution in [0.25, 0.3) is 17.2 Å². The number of hydrogen-bond donors (Lipinski definition) is 3. The van der Waals surface area contributed by atoms with Gasteiger partial charge in [-0.25, -0.2) is 0 Å². The van der Waals surface area contributed by atoms with E-state index in [2.05, 4.69) is 0 Å². The maximum atomic E-state index is 10.5. The molecule has 0 bridgehead atoms. The molecule has 2 aromatic rings. The molecule has 3 N–H and O–H groups in total. The third-order valence-electron chi connectivity index (χ3n) is 3.47. The molecule has 2 unspecified atom stereocenters. The number of carboxylic acid groups (broad SMARTS) is 1. The molecule has 0 amide bonds. The summed E-state index contributed by atoms with van der Waals surface area (Å²) in [5.74, 6) is -1.08. The lowest BCUT2D eigenvalue weighted by molar-refractivity contribution is -0.139. The van der Waals surface area contributed by atoms with Gasteiger partial charge in [0.15, 0.2) is 0 Å². The van der Waals surface area contributed by atoms with Gasteiger partial charge in [0.1, 0.15) is 0 Å². The van der Waals surface area contributed by atoms with Gasteiger partial charge in [0, 0.05) is 6.42 Å². The van der Waals surface area contributed by atoms with E-state index in [1.807, 2.05) is 54.6 Å². The Morgan fingerprint density at radius 2 is 1.65 bits per heavy atom. The number of hydrogen-bond acceptors (Lipinski definition) is 3. The Morgan fingerprint density at radius 3 is 2.35 bits per heavy atom. The minimum absolute atomic E-state index is 0.00367. The molecular weight excluding hydrogens is 292 g/mol. The van der Waals surface area contributed by atoms with Crippen LogP contribution in [0.4, 0.5) is 0 Å². The van der Waals surface area contributed by atoms with Gasteiger partial charge in [-0.05, 0) is 16.7 Å². The Morgan fingerprint density at radius 1 is 1.00 bits per heavy atom. The topological polar surface area (TPSA) is 77.8 Å². The van der Waals surface area contributed by atoms with Crippen LogP contribution in [0.5, 0.6) is 0 Å². The lowest BCUT2D eigenvalue weighted by Crippen LogP contribution is -2.19. The summed E-state index contributed by atoms with van der Waals surface area (Å²) < 4.78 is 0. The van der Waals surface area contributed by atoms with E-state index in [0.717, 1.165) is 16.7 Å². The number of aliphatic hydroxyl groups excluding tert-OH is 2. The summed E-state index contributed by atoms with van der Waals surface area (Å²) in [6.45, 7) is 0. The minimum atomic E-state index is -1.08. The molecule has 0 saturated carbocycles. The van der Waals surface area contributed by atoms with E-state index in [0.29, 0.717) is 0 Å². The predicted octanol–water partition coefficient (Wildman–Crippen LogP) is 2.95. The van der Waals surface area contributed by atoms with E-state index in [9.17, 15) is 15.0 Å². The lowest BCUT2D eigenvalue weighted by atomic mass is 9.98. The molecule has 2 aromatic carbocycles. The van der Waals surface area contributed by atoms with E-state index in [1.54, 1.807) is 12.2 Å². The van der Waals surface area contributed by atoms with Crippen LogP contribution < -0.4 is 0 Å². The Balaban J connectivity index is 2.10. The van der Waals surface area contributed by atoms with Crippen LogP contribution in [-0.4, -0.2) is 33.5 Å². The molecule has 4 heteroatoms. The summed E-state index contributed by atoms with van der Waals surface area (Å²) in [5, 5.41) is 28.1. The molecule has 0 saturated heterocycles. The Labute approximate surface area is 135 Å². The third-order valence-corrected chi connectivity index (χ3v) is 3.47. The summed E-state index contributed by atoms with van der Waals surface area (Å²) in [6, 6.07) is 17.7. The summed E-state index contributed by atoms with van der Waals surface area (Å²) >= 11 is 0. The molecule has 0 radical (unpaired) electrons. The first-order chi connectivity index (χ1) is 11.1. The molecule has 0 aliphatic carbocycles. The summed E-state index contributed by atoms with van der Waals surface area (Å²) in [4.78, 5) is 10.5. The number of carbonyl (C=O) groups is 1. The van der Waals surface area contributed by atoms with Gasteiger partial charge in [-0.1, -0.05) is 66.7 Å². The smallest absolute Gasteiger partial charge is 0.305 e. The third kappa shape index (κ3) is 5.36. The number of carboxylic acids is 1. The van der Waals surface area contributed by atoms with Crippen LogP contribution in [0.2, 0.25) is 0 Å². The average Bonchev–Trinajstić information content (AvgIpc) is 2.53. The first-order valence-corrected chi connectivity index (χ1v) is 7.47. The van der Waals surface area contributed by atoms with E-state index in [1.165, 1.54) is 0 Å². The highest BCUT2D eigenvalue weighted by molar-refractivity contribution is 5.75. The van der Waals surface area contributed by atoms with Gasteiger partial charge >= 0.3 is 5.97 Å². The van der Waals surface area contributed by atoms with Crippen molar-refractivity contribution in [3.8, 4) is 11.1 Å². The van der Waals surface area contributed by atoms with Gasteiger partial charge in [0.05, 0.1) is 18.6 Å². The van der Waals surface area contributed by atoms with Crippen molar-refractivity contribution in [1.29, 1.82) is 0 Å². The second-order valence-electron chi connectivity index (χ2n) is 5.37. The Bertz CT molecular complexity index is 664. The Hall–Kier alpha value is -2.43. The van der Waals surface area contributed by atoms with Gasteiger partial charge in [-0.2, -0.15) is 0 Å². The molecule has 0 aromatic heterocycles. The highest BCUT2D eigenvalue weighted by Crippen LogP contribution is 2.24. The molecule has 0 spiro atoms. The fourth-order valence-electron chi connectivity index (χ4n) is 2.38. The summed E-state index contributed by atoms with van der Waals surface area (Å²) in [7, 11) is 0. The highest BCUT2D eigenvalue weighted by Gasteiger charge is 2.13. The standard InChI is InChI=1S/C19H20O4/c20-16(12-17(21)13-19(22)23)11-10-15-8-4-5-9-18(15)14-6-2-1-3-7-14/h1-11,16-17,20-21H,12-13H2,(H,22,23)/b11-10+. The molecular formula is C19H20O4. The lowest BCUT2D eigenvalue weighted by Gasteiger charge is -2.11. The van der Waals surface area contributed by atoms with Gasteiger partial charge < -0.3 is 15.3 Å². The molecule has 120 valence electrons. The van der Waals surface area contributed by atoms with Crippen LogP contribution in [0.3, 0.4) is 0 Å². The monoisotopic (exact) mass is 312 g/mol. The average molecular weight is 312 g/mol. The van der Waals surface area contributed by atoms with Crippen molar-refractivity contribution in [3.05, 3.63) is 66.2 Å². The maximum Gasteiger partial charge on any atom is 0.305 e. The van der Waals surface area contributed by atoms with E-state index < -0.39 is 18.2 Å². The molecule has 23 heavy (non-hydrogen) atoms. The Kier molecular flexibility index (Phi) is 6.09. The second kappa shape index (κ2) is 8.27. The summed E-state index contributed by atoms with van der Waals surface area (Å²) in [5.41, 5.74) is 3.07. The van der Waals surface area contributed by atoms with Crippen LogP contribution in [-0.2, 0) is 4.79 Å². The van der Waals surface area contributed by atoms with Crippen LogP contribution in [0.1, 0.15) is 18.4 Å². The second-order valence-corrected chi connectivity index (χ2v) is 5.37. The molecule has 0 aliphatic heterocycles. The van der Waals surface area contributed by atoms with Crippen molar-refractivity contribution in [1.82, 2.24) is 0 Å². The van der Waals surface area contributed by atoms with Gasteiger partial charge in [-0.15, -0.1) is 0 Å². The number of aliphatic carboxylic acids is 1. The SMILES string of the molecule is O=C(O)CC(O)CC(O)/C=C/c1ccccc1-c1ccccc1. The predicted molar refractivity (Wildman–Crippen MR) is 89.8 cm³/mol. The van der Waals surface area contributed by atoms with Crippen molar-refractivity contribution >= 4 is 12.0 Å². The zero-order valence-corrected chi connectivity index (χ0v) is 12.7. The highest BCUT2D eigenvalue weighted by atomic mass is 16.4. The van der Waals surface area contributed by atoms with Crippen molar-refractivity contribution in [2.24, 2.45) is 0 Å². The van der Waals surface area contributed by atoms with Crippen molar-refractivity contribution in [2.45, 2.75) is 25.0 Å². The molecule has 0 heterocycles. The number of aliphatic hydroxyl groups is 2. The fraction of sp³-hybridized carbons (Fsp3) is 0.211. The number of benzene rings is 2. The quantitative estimate of drug-likeness (QED) is 0.734. The number of rotatable bonds is 7. The van der Waals surface area contributed by atoms with E-state index in [4.69, 9.17) is 5.11 Å². The summed E-state index contributed by atoms with van der Waals surface area (Å²) in [6.07, 6.45) is 1.04. The maximum absolute atomic E-state index is 10.5. The largest absolute Gasteiger partial charge is 0.481 e. The van der Waals surface area contributed by atoms with Gasteiger partial charge in [-0.3, -0.25) is 4.79 Å². The molecule has 2 atom stereocenters. The van der Waals surface area contributed by atoms with E-state index >= 15 is 0 Å². The molecule has 0 aliphatic rings. The van der Waals surface area contributed by atoms with Crippen molar-refractivity contribution in [3.63, 3.8) is 0 Å². The minimum Gasteiger partial charge on any atom is -0.481 e. The molecule has 0 fully saturated rings. The molecule has 4 nitrogen and oxygen atoms in total. The van der Waals surface area contributed by atoms with E-state index in [-0.39, 0.29) is 12.8 Å². The first-order valence-electron chi connectivity index (χ1n) is 7.47. The van der Waals surface area contributed by atoms with Gasteiger partial charge in [0.2, 0.25) is 0 Å². The fourth-order valence-corrected chi connectivity index (χ4v) is 2.38. The zero-order chi connectivity index (χ0) is 16.7.